The topological polar surface area (TPSA) is 12.0 Å². The molecule has 1 aromatic carbocycles. The summed E-state index contributed by atoms with van der Waals surface area (Å²) < 4.78 is 0. The first kappa shape index (κ1) is 15.4. The first-order chi connectivity index (χ1) is 8.62. The van der Waals surface area contributed by atoms with E-state index >= 15 is 0 Å². The van der Waals surface area contributed by atoms with Crippen molar-refractivity contribution in [3.8, 4) is 0 Å². The second-order valence-electron chi connectivity index (χ2n) is 5.10. The van der Waals surface area contributed by atoms with Gasteiger partial charge in [-0.2, -0.15) is 0 Å². The van der Waals surface area contributed by atoms with Gasteiger partial charge >= 0.3 is 0 Å². The van der Waals surface area contributed by atoms with Gasteiger partial charge in [-0.15, -0.1) is 0 Å². The number of halogens is 1. The van der Waals surface area contributed by atoms with Gasteiger partial charge in [-0.3, -0.25) is 0 Å². The van der Waals surface area contributed by atoms with Gasteiger partial charge in [0.15, 0.2) is 0 Å². The van der Waals surface area contributed by atoms with Crippen LogP contribution in [0.2, 0.25) is 5.02 Å². The van der Waals surface area contributed by atoms with Crippen molar-refractivity contribution in [1.82, 2.24) is 0 Å². The zero-order valence-corrected chi connectivity index (χ0v) is 12.9. The van der Waals surface area contributed by atoms with Gasteiger partial charge in [0.1, 0.15) is 0 Å². The average Bonchev–Trinajstić information content (AvgIpc) is 2.35. The van der Waals surface area contributed by atoms with Crippen LogP contribution in [0.25, 0.3) is 0 Å². The van der Waals surface area contributed by atoms with Crippen LogP contribution < -0.4 is 5.32 Å². The summed E-state index contributed by atoms with van der Waals surface area (Å²) in [6.45, 7) is 9.81. The van der Waals surface area contributed by atoms with E-state index in [2.05, 4.69) is 45.1 Å². The molecular weight excluding hydrogens is 242 g/mol. The third-order valence-electron chi connectivity index (χ3n) is 3.44. The Hall–Kier alpha value is -0.690. The van der Waals surface area contributed by atoms with E-state index in [-0.39, 0.29) is 0 Å². The van der Waals surface area contributed by atoms with Gasteiger partial charge in [0.2, 0.25) is 0 Å². The van der Waals surface area contributed by atoms with E-state index in [1.54, 1.807) is 0 Å². The Morgan fingerprint density at radius 2 is 1.89 bits per heavy atom. The average molecular weight is 268 g/mol. The highest BCUT2D eigenvalue weighted by atomic mass is 35.5. The zero-order valence-electron chi connectivity index (χ0n) is 12.1. The quantitative estimate of drug-likeness (QED) is 0.706. The minimum Gasteiger partial charge on any atom is -0.384 e. The van der Waals surface area contributed by atoms with Crippen LogP contribution in [-0.4, -0.2) is 6.54 Å². The summed E-state index contributed by atoms with van der Waals surface area (Å²) in [4.78, 5) is 0. The van der Waals surface area contributed by atoms with Crippen LogP contribution in [0.15, 0.2) is 12.1 Å². The Morgan fingerprint density at radius 1 is 1.17 bits per heavy atom. The summed E-state index contributed by atoms with van der Waals surface area (Å²) in [6.07, 6.45) is 4.68. The van der Waals surface area contributed by atoms with E-state index < -0.39 is 0 Å². The summed E-state index contributed by atoms with van der Waals surface area (Å²) >= 11 is 6.32. The minimum absolute atomic E-state index is 0.733. The molecule has 0 heterocycles. The SMILES string of the molecule is CCCc1cc(Cl)c(NCC)cc1CC(C)CC. The van der Waals surface area contributed by atoms with Gasteiger partial charge in [-0.05, 0) is 48.9 Å². The van der Waals surface area contributed by atoms with E-state index in [0.717, 1.165) is 36.0 Å². The number of nitrogens with one attached hydrogen (secondary N) is 1. The highest BCUT2D eigenvalue weighted by molar-refractivity contribution is 6.33. The molecule has 0 fully saturated rings. The van der Waals surface area contributed by atoms with Crippen molar-refractivity contribution in [1.29, 1.82) is 0 Å². The van der Waals surface area contributed by atoms with Crippen molar-refractivity contribution in [3.05, 3.63) is 28.3 Å². The molecule has 0 aliphatic rings. The van der Waals surface area contributed by atoms with Crippen molar-refractivity contribution in [3.63, 3.8) is 0 Å². The molecule has 2 heteroatoms. The maximum atomic E-state index is 6.32. The third-order valence-corrected chi connectivity index (χ3v) is 3.75. The van der Waals surface area contributed by atoms with E-state index in [0.29, 0.717) is 0 Å². The predicted octanol–water partition coefficient (Wildman–Crippen LogP) is 5.31. The van der Waals surface area contributed by atoms with Gasteiger partial charge in [-0.25, -0.2) is 0 Å². The van der Waals surface area contributed by atoms with Gasteiger partial charge in [0, 0.05) is 6.54 Å². The molecular formula is C16H26ClN. The third kappa shape index (κ3) is 4.20. The maximum Gasteiger partial charge on any atom is 0.0640 e. The Bertz CT molecular complexity index is 374. The van der Waals surface area contributed by atoms with E-state index in [4.69, 9.17) is 11.6 Å². The van der Waals surface area contributed by atoms with Gasteiger partial charge in [0.05, 0.1) is 10.7 Å². The summed E-state index contributed by atoms with van der Waals surface area (Å²) in [6, 6.07) is 4.41. The number of rotatable bonds is 7. The molecule has 0 amide bonds. The van der Waals surface area contributed by atoms with Crippen LogP contribution in [0.4, 0.5) is 5.69 Å². The Morgan fingerprint density at radius 3 is 2.44 bits per heavy atom. The Kier molecular flexibility index (Phi) is 6.56. The van der Waals surface area contributed by atoms with Crippen molar-refractivity contribution < 1.29 is 0 Å². The van der Waals surface area contributed by atoms with Gasteiger partial charge in [-0.1, -0.05) is 45.2 Å². The lowest BCUT2D eigenvalue weighted by Gasteiger charge is -2.16. The highest BCUT2D eigenvalue weighted by Crippen LogP contribution is 2.29. The first-order valence-corrected chi connectivity index (χ1v) is 7.55. The molecule has 18 heavy (non-hydrogen) atoms. The fraction of sp³-hybridized carbons (Fsp3) is 0.625. The molecule has 102 valence electrons. The summed E-state index contributed by atoms with van der Waals surface area (Å²) in [5, 5.41) is 4.20. The normalized spacial score (nSPS) is 12.5. The molecule has 0 bridgehead atoms. The molecule has 1 unspecified atom stereocenters. The standard InChI is InChI=1S/C16H26ClN/c1-5-8-13-10-15(17)16(18-7-3)11-14(13)9-12(4)6-2/h10-12,18H,5-9H2,1-4H3. The molecule has 0 saturated heterocycles. The lowest BCUT2D eigenvalue weighted by atomic mass is 9.93. The molecule has 1 atom stereocenters. The number of hydrogen-bond donors (Lipinski definition) is 1. The van der Waals surface area contributed by atoms with Crippen molar-refractivity contribution in [2.24, 2.45) is 5.92 Å². The van der Waals surface area contributed by atoms with Gasteiger partial charge < -0.3 is 5.32 Å². The Balaban J connectivity index is 3.04. The molecule has 0 aliphatic carbocycles. The second kappa shape index (κ2) is 7.68. The lowest BCUT2D eigenvalue weighted by Crippen LogP contribution is -2.05. The van der Waals surface area contributed by atoms with Crippen molar-refractivity contribution in [2.75, 3.05) is 11.9 Å². The first-order valence-electron chi connectivity index (χ1n) is 7.17. The van der Waals surface area contributed by atoms with Crippen molar-refractivity contribution in [2.45, 2.75) is 53.4 Å². The van der Waals surface area contributed by atoms with Crippen LogP contribution >= 0.6 is 11.6 Å². The minimum atomic E-state index is 0.733. The summed E-state index contributed by atoms with van der Waals surface area (Å²) in [7, 11) is 0. The van der Waals surface area contributed by atoms with Crippen molar-refractivity contribution >= 4 is 17.3 Å². The number of benzene rings is 1. The monoisotopic (exact) mass is 267 g/mol. The summed E-state index contributed by atoms with van der Waals surface area (Å²) in [5.74, 6) is 0.733. The van der Waals surface area contributed by atoms with Crippen LogP contribution in [0, 0.1) is 5.92 Å². The van der Waals surface area contributed by atoms with Crippen LogP contribution in [0.3, 0.4) is 0 Å². The van der Waals surface area contributed by atoms with Crippen LogP contribution in [0.5, 0.6) is 0 Å². The molecule has 0 aliphatic heterocycles. The zero-order chi connectivity index (χ0) is 13.5. The molecule has 0 spiro atoms. The van der Waals surface area contributed by atoms with E-state index in [1.165, 1.54) is 24.0 Å². The molecule has 0 radical (unpaired) electrons. The number of aryl methyl sites for hydroxylation is 1. The summed E-state index contributed by atoms with van der Waals surface area (Å²) in [5.41, 5.74) is 3.97. The van der Waals surface area contributed by atoms with E-state index in [1.807, 2.05) is 0 Å². The molecule has 1 nitrogen and oxygen atoms in total. The molecule has 0 aromatic heterocycles. The second-order valence-corrected chi connectivity index (χ2v) is 5.51. The molecule has 1 rings (SSSR count). The maximum absolute atomic E-state index is 6.32. The Labute approximate surface area is 117 Å². The number of hydrogen-bond acceptors (Lipinski definition) is 1. The molecule has 0 saturated carbocycles. The van der Waals surface area contributed by atoms with Crippen LogP contribution in [0.1, 0.15) is 51.7 Å². The molecule has 1 N–H and O–H groups in total. The molecule has 1 aromatic rings. The van der Waals surface area contributed by atoms with Gasteiger partial charge in [0.25, 0.3) is 0 Å². The number of anilines is 1. The fourth-order valence-corrected chi connectivity index (χ4v) is 2.45. The highest BCUT2D eigenvalue weighted by Gasteiger charge is 2.10. The predicted molar refractivity (Wildman–Crippen MR) is 82.8 cm³/mol. The lowest BCUT2D eigenvalue weighted by molar-refractivity contribution is 0.557. The van der Waals surface area contributed by atoms with E-state index in [9.17, 15) is 0 Å². The fourth-order valence-electron chi connectivity index (χ4n) is 2.20. The largest absolute Gasteiger partial charge is 0.384 e. The smallest absolute Gasteiger partial charge is 0.0640 e. The van der Waals surface area contributed by atoms with Crippen LogP contribution in [-0.2, 0) is 12.8 Å².